The van der Waals surface area contributed by atoms with Crippen molar-refractivity contribution < 1.29 is 4.79 Å². The number of benzene rings is 2. The quantitative estimate of drug-likeness (QED) is 0.726. The topological polar surface area (TPSA) is 46.9 Å². The fraction of sp³-hybridized carbons (Fsp3) is 0.300. The normalized spacial score (nSPS) is 12.3. The molecule has 130 valence electrons. The van der Waals surface area contributed by atoms with Crippen LogP contribution in [0.25, 0.3) is 11.0 Å². The molecule has 0 saturated heterocycles. The monoisotopic (exact) mass is 353 g/mol. The summed E-state index contributed by atoms with van der Waals surface area (Å²) in [4.78, 5) is 17.3. The Morgan fingerprint density at radius 2 is 1.92 bits per heavy atom. The molecule has 3 rings (SSSR count). The van der Waals surface area contributed by atoms with Crippen molar-refractivity contribution in [1.82, 2.24) is 14.9 Å². The second kappa shape index (κ2) is 7.74. The predicted molar refractivity (Wildman–Crippen MR) is 105 cm³/mol. The Morgan fingerprint density at radius 1 is 1.20 bits per heavy atom. The molecule has 0 spiro atoms. The van der Waals surface area contributed by atoms with Crippen molar-refractivity contribution in [3.63, 3.8) is 0 Å². The van der Waals surface area contributed by atoms with Gasteiger partial charge in [-0.25, -0.2) is 4.98 Å². The number of rotatable bonds is 6. The molecule has 4 nitrogen and oxygen atoms in total. The summed E-state index contributed by atoms with van der Waals surface area (Å²) >= 11 is 1.71. The zero-order valence-electron chi connectivity index (χ0n) is 14.8. The molecule has 1 aromatic heterocycles. The van der Waals surface area contributed by atoms with Crippen molar-refractivity contribution in [3.8, 4) is 0 Å². The lowest BCUT2D eigenvalue weighted by Crippen LogP contribution is -2.30. The number of carbonyl (C=O) groups is 1. The van der Waals surface area contributed by atoms with E-state index in [4.69, 9.17) is 0 Å². The molecule has 0 saturated carbocycles. The molecule has 3 aromatic rings. The summed E-state index contributed by atoms with van der Waals surface area (Å²) in [5, 5.41) is 3.09. The van der Waals surface area contributed by atoms with Crippen LogP contribution < -0.4 is 5.32 Å². The highest BCUT2D eigenvalue weighted by atomic mass is 32.2. The number of fused-ring (bicyclic) bond motifs is 1. The van der Waals surface area contributed by atoms with Gasteiger partial charge in [0, 0.05) is 0 Å². The van der Waals surface area contributed by atoms with Crippen LogP contribution >= 0.6 is 11.8 Å². The lowest BCUT2D eigenvalue weighted by atomic mass is 10.1. The van der Waals surface area contributed by atoms with Gasteiger partial charge in [-0.05, 0) is 37.8 Å². The second-order valence-electron chi connectivity index (χ2n) is 6.24. The van der Waals surface area contributed by atoms with Gasteiger partial charge in [-0.1, -0.05) is 42.0 Å². The molecule has 1 N–H and O–H groups in total. The molecule has 25 heavy (non-hydrogen) atoms. The highest BCUT2D eigenvalue weighted by molar-refractivity contribution is 7.97. The second-order valence-corrected chi connectivity index (χ2v) is 7.10. The average molecular weight is 353 g/mol. The summed E-state index contributed by atoms with van der Waals surface area (Å²) in [6.07, 6.45) is 2.04. The van der Waals surface area contributed by atoms with E-state index in [9.17, 15) is 4.79 Å². The molecule has 1 unspecified atom stereocenters. The third kappa shape index (κ3) is 4.04. The average Bonchev–Trinajstić information content (AvgIpc) is 2.93. The molecule has 1 amide bonds. The number of carbonyl (C=O) groups excluding carboxylic acids is 1. The van der Waals surface area contributed by atoms with Crippen molar-refractivity contribution in [3.05, 3.63) is 65.5 Å². The third-order valence-electron chi connectivity index (χ3n) is 4.26. The van der Waals surface area contributed by atoms with Crippen molar-refractivity contribution in [2.24, 2.45) is 0 Å². The van der Waals surface area contributed by atoms with Crippen LogP contribution in [0.15, 0.2) is 48.5 Å². The van der Waals surface area contributed by atoms with Crippen LogP contribution in [-0.2, 0) is 17.1 Å². The van der Waals surface area contributed by atoms with E-state index < -0.39 is 0 Å². The first-order valence-corrected chi connectivity index (χ1v) is 9.77. The van der Waals surface area contributed by atoms with Gasteiger partial charge in [-0.2, -0.15) is 11.8 Å². The van der Waals surface area contributed by atoms with Gasteiger partial charge in [0.2, 0.25) is 5.91 Å². The summed E-state index contributed by atoms with van der Waals surface area (Å²) < 4.78 is 2.02. The third-order valence-corrected chi connectivity index (χ3v) is 4.81. The lowest BCUT2D eigenvalue weighted by molar-refractivity contribution is -0.122. The molecule has 2 aromatic carbocycles. The van der Waals surface area contributed by atoms with Gasteiger partial charge in [0.15, 0.2) is 0 Å². The van der Waals surface area contributed by atoms with Crippen LogP contribution in [0.3, 0.4) is 0 Å². The van der Waals surface area contributed by atoms with Crippen LogP contribution in [0.4, 0.5) is 0 Å². The Labute approximate surface area is 152 Å². The van der Waals surface area contributed by atoms with Crippen LogP contribution in [0.2, 0.25) is 0 Å². The van der Waals surface area contributed by atoms with Gasteiger partial charge in [-0.15, -0.1) is 0 Å². The minimum Gasteiger partial charge on any atom is -0.348 e. The fourth-order valence-electron chi connectivity index (χ4n) is 2.91. The van der Waals surface area contributed by atoms with Crippen molar-refractivity contribution >= 4 is 28.7 Å². The number of hydrogen-bond acceptors (Lipinski definition) is 3. The standard InChI is InChI=1S/C20H23N3OS/c1-14-8-10-16(11-9-14)15(2)21-20(24)12-23-18-7-5-4-6-17(18)22-19(23)13-25-3/h4-11,15H,12-13H2,1-3H3,(H,21,24). The number of amides is 1. The van der Waals surface area contributed by atoms with Gasteiger partial charge in [0.05, 0.1) is 22.8 Å². The Bertz CT molecular complexity index is 870. The van der Waals surface area contributed by atoms with Crippen LogP contribution in [0.1, 0.15) is 29.9 Å². The van der Waals surface area contributed by atoms with E-state index in [2.05, 4.69) is 41.5 Å². The number of hydrogen-bond donors (Lipinski definition) is 1. The summed E-state index contributed by atoms with van der Waals surface area (Å²) in [6, 6.07) is 16.2. The summed E-state index contributed by atoms with van der Waals surface area (Å²) in [7, 11) is 0. The van der Waals surface area contributed by atoms with Crippen LogP contribution in [0.5, 0.6) is 0 Å². The van der Waals surface area contributed by atoms with Gasteiger partial charge in [0.25, 0.3) is 0 Å². The van der Waals surface area contributed by atoms with Crippen LogP contribution in [-0.4, -0.2) is 21.7 Å². The van der Waals surface area contributed by atoms with E-state index in [1.54, 1.807) is 11.8 Å². The highest BCUT2D eigenvalue weighted by Gasteiger charge is 2.15. The molecule has 5 heteroatoms. The van der Waals surface area contributed by atoms with E-state index in [0.29, 0.717) is 0 Å². The molecule has 0 aliphatic heterocycles. The number of nitrogens with zero attached hydrogens (tertiary/aromatic N) is 2. The van der Waals surface area contributed by atoms with Gasteiger partial charge < -0.3 is 9.88 Å². The van der Waals surface area contributed by atoms with Crippen molar-refractivity contribution in [2.45, 2.75) is 32.2 Å². The maximum absolute atomic E-state index is 12.6. The van der Waals surface area contributed by atoms with E-state index in [1.807, 2.05) is 42.0 Å². The predicted octanol–water partition coefficient (Wildman–Crippen LogP) is 4.09. The molecule has 0 fully saturated rings. The largest absolute Gasteiger partial charge is 0.348 e. The smallest absolute Gasteiger partial charge is 0.240 e. The molecule has 1 atom stereocenters. The Morgan fingerprint density at radius 3 is 2.64 bits per heavy atom. The summed E-state index contributed by atoms with van der Waals surface area (Å²) in [5.41, 5.74) is 4.27. The number of imidazole rings is 1. The van der Waals surface area contributed by atoms with Gasteiger partial charge >= 0.3 is 0 Å². The highest BCUT2D eigenvalue weighted by Crippen LogP contribution is 2.19. The van der Waals surface area contributed by atoms with Gasteiger partial charge in [-0.3, -0.25) is 4.79 Å². The molecule has 0 aliphatic carbocycles. The minimum absolute atomic E-state index is 0.00131. The number of aryl methyl sites for hydroxylation is 1. The number of nitrogens with one attached hydrogen (secondary N) is 1. The SMILES string of the molecule is CSCc1nc2ccccc2n1CC(=O)NC(C)c1ccc(C)cc1. The van der Waals surface area contributed by atoms with Crippen LogP contribution in [0, 0.1) is 6.92 Å². The Balaban J connectivity index is 1.77. The number of thioether (sulfide) groups is 1. The fourth-order valence-corrected chi connectivity index (χ4v) is 3.39. The molecule has 0 bridgehead atoms. The summed E-state index contributed by atoms with van der Waals surface area (Å²) in [6.45, 7) is 4.36. The molecule has 0 radical (unpaired) electrons. The van der Waals surface area contributed by atoms with E-state index in [0.717, 1.165) is 28.2 Å². The first kappa shape index (κ1) is 17.5. The van der Waals surface area contributed by atoms with E-state index >= 15 is 0 Å². The molecular weight excluding hydrogens is 330 g/mol. The molecular formula is C20H23N3OS. The molecule has 1 heterocycles. The van der Waals surface area contributed by atoms with Crippen molar-refractivity contribution in [2.75, 3.05) is 6.26 Å². The summed E-state index contributed by atoms with van der Waals surface area (Å²) in [5.74, 6) is 1.72. The zero-order chi connectivity index (χ0) is 17.8. The molecule has 0 aliphatic rings. The maximum atomic E-state index is 12.6. The lowest BCUT2D eigenvalue weighted by Gasteiger charge is -2.16. The Kier molecular flexibility index (Phi) is 5.43. The number of aromatic nitrogens is 2. The van der Waals surface area contributed by atoms with E-state index in [1.165, 1.54) is 5.56 Å². The zero-order valence-corrected chi connectivity index (χ0v) is 15.6. The first-order chi connectivity index (χ1) is 12.1. The number of para-hydroxylation sites is 2. The Hall–Kier alpha value is -2.27. The van der Waals surface area contributed by atoms with Gasteiger partial charge in [0.1, 0.15) is 12.4 Å². The maximum Gasteiger partial charge on any atom is 0.240 e. The van der Waals surface area contributed by atoms with E-state index in [-0.39, 0.29) is 18.5 Å². The van der Waals surface area contributed by atoms with Crippen molar-refractivity contribution in [1.29, 1.82) is 0 Å². The first-order valence-electron chi connectivity index (χ1n) is 8.37. The minimum atomic E-state index is -0.0214.